The van der Waals surface area contributed by atoms with Crippen molar-refractivity contribution in [1.29, 1.82) is 0 Å². The van der Waals surface area contributed by atoms with Gasteiger partial charge in [0.05, 0.1) is 6.42 Å². The molecule has 0 aromatic rings. The minimum atomic E-state index is -0.690. The van der Waals surface area contributed by atoms with Gasteiger partial charge in [-0.25, -0.2) is 0 Å². The summed E-state index contributed by atoms with van der Waals surface area (Å²) in [7, 11) is 1.43. The van der Waals surface area contributed by atoms with Crippen molar-refractivity contribution in [3.05, 3.63) is 0 Å². The average molecular weight is 253 g/mol. The van der Waals surface area contributed by atoms with Crippen LogP contribution in [0.2, 0.25) is 0 Å². The van der Waals surface area contributed by atoms with Gasteiger partial charge < -0.3 is 11.1 Å². The molecule has 1 unspecified atom stereocenters. The van der Waals surface area contributed by atoms with Crippen LogP contribution in [0.4, 0.5) is 0 Å². The van der Waals surface area contributed by atoms with Gasteiger partial charge in [0.1, 0.15) is 6.04 Å². The van der Waals surface area contributed by atoms with Gasteiger partial charge in [0, 0.05) is 13.5 Å². The number of likely N-dealkylation sites (tertiary alicyclic amines) is 1. The van der Waals surface area contributed by atoms with E-state index >= 15 is 0 Å². The molecule has 0 aromatic heterocycles. The molecular formula is C12H19N3O3. The number of likely N-dealkylation sites (N-methyl/N-ethyl adjacent to an activating group) is 1. The zero-order chi connectivity index (χ0) is 13.3. The molecule has 2 aliphatic rings. The fraction of sp³-hybridized carbons (Fsp3) is 0.750. The Hall–Kier alpha value is -1.43. The van der Waals surface area contributed by atoms with Crippen molar-refractivity contribution in [1.82, 2.24) is 10.2 Å². The lowest BCUT2D eigenvalue weighted by Gasteiger charge is -2.40. The van der Waals surface area contributed by atoms with Gasteiger partial charge >= 0.3 is 0 Å². The predicted molar refractivity (Wildman–Crippen MR) is 64.3 cm³/mol. The Balaban J connectivity index is 1.88. The van der Waals surface area contributed by atoms with E-state index in [9.17, 15) is 14.4 Å². The minimum Gasteiger partial charge on any atom is -0.344 e. The molecule has 3 amide bonds. The number of rotatable bonds is 4. The molecule has 0 bridgehead atoms. The number of hydrogen-bond acceptors (Lipinski definition) is 4. The smallest absolute Gasteiger partial charge is 0.252 e. The first-order chi connectivity index (χ1) is 8.47. The van der Waals surface area contributed by atoms with Crippen LogP contribution in [0.15, 0.2) is 0 Å². The number of nitrogens with one attached hydrogen (secondary N) is 1. The Morgan fingerprint density at radius 2 is 2.17 bits per heavy atom. The van der Waals surface area contributed by atoms with Crippen molar-refractivity contribution in [2.45, 2.75) is 38.1 Å². The number of nitrogens with zero attached hydrogens (tertiary/aromatic N) is 1. The van der Waals surface area contributed by atoms with Gasteiger partial charge in [-0.15, -0.1) is 0 Å². The topological polar surface area (TPSA) is 92.5 Å². The van der Waals surface area contributed by atoms with Crippen molar-refractivity contribution in [2.24, 2.45) is 11.1 Å². The highest BCUT2D eigenvalue weighted by molar-refractivity contribution is 6.06. The normalized spacial score (nSPS) is 26.1. The molecule has 0 spiro atoms. The maximum absolute atomic E-state index is 11.9. The minimum absolute atomic E-state index is 0.0662. The summed E-state index contributed by atoms with van der Waals surface area (Å²) in [6, 6.07) is -0.690. The Bertz CT molecular complexity index is 385. The fourth-order valence-corrected chi connectivity index (χ4v) is 2.58. The zero-order valence-corrected chi connectivity index (χ0v) is 10.6. The maximum Gasteiger partial charge on any atom is 0.252 e. The third kappa shape index (κ3) is 2.25. The highest BCUT2D eigenvalue weighted by Crippen LogP contribution is 2.42. The fourth-order valence-electron chi connectivity index (χ4n) is 2.58. The SMILES string of the molecule is CN1C(=O)CC(NC(=O)CC2(CN)CCC2)C1=O. The van der Waals surface area contributed by atoms with Crippen LogP contribution in [0.5, 0.6) is 0 Å². The molecule has 1 saturated heterocycles. The van der Waals surface area contributed by atoms with E-state index in [4.69, 9.17) is 5.73 Å². The Morgan fingerprint density at radius 1 is 1.50 bits per heavy atom. The molecule has 1 aliphatic carbocycles. The van der Waals surface area contributed by atoms with E-state index in [1.165, 1.54) is 7.05 Å². The third-order valence-electron chi connectivity index (χ3n) is 4.10. The first kappa shape index (κ1) is 13.0. The second kappa shape index (κ2) is 4.68. The standard InChI is InChI=1S/C12H19N3O3/c1-15-10(17)5-8(11(15)18)14-9(16)6-12(7-13)3-2-4-12/h8H,2-7,13H2,1H3,(H,14,16). The van der Waals surface area contributed by atoms with Crippen molar-refractivity contribution in [2.75, 3.05) is 13.6 Å². The molecule has 18 heavy (non-hydrogen) atoms. The number of amides is 3. The van der Waals surface area contributed by atoms with E-state index in [-0.39, 0.29) is 29.6 Å². The molecule has 2 rings (SSSR count). The van der Waals surface area contributed by atoms with E-state index in [0.29, 0.717) is 13.0 Å². The molecular weight excluding hydrogens is 234 g/mol. The quantitative estimate of drug-likeness (QED) is 0.653. The van der Waals surface area contributed by atoms with Crippen LogP contribution in [0.25, 0.3) is 0 Å². The van der Waals surface area contributed by atoms with E-state index in [1.54, 1.807) is 0 Å². The summed E-state index contributed by atoms with van der Waals surface area (Å²) < 4.78 is 0. The van der Waals surface area contributed by atoms with Crippen LogP contribution < -0.4 is 11.1 Å². The highest BCUT2D eigenvalue weighted by Gasteiger charge is 2.40. The lowest BCUT2D eigenvalue weighted by molar-refractivity contribution is -0.138. The third-order valence-corrected chi connectivity index (χ3v) is 4.10. The van der Waals surface area contributed by atoms with Crippen LogP contribution in [-0.2, 0) is 14.4 Å². The van der Waals surface area contributed by atoms with Crippen LogP contribution in [0.3, 0.4) is 0 Å². The van der Waals surface area contributed by atoms with Crippen LogP contribution in [-0.4, -0.2) is 42.3 Å². The molecule has 1 saturated carbocycles. The van der Waals surface area contributed by atoms with Crippen molar-refractivity contribution in [3.63, 3.8) is 0 Å². The number of carbonyl (C=O) groups excluding carboxylic acids is 3. The summed E-state index contributed by atoms with van der Waals surface area (Å²) >= 11 is 0. The molecule has 0 radical (unpaired) electrons. The summed E-state index contributed by atoms with van der Waals surface area (Å²) in [4.78, 5) is 35.9. The number of imide groups is 1. The van der Waals surface area contributed by atoms with Crippen LogP contribution in [0, 0.1) is 5.41 Å². The molecule has 1 heterocycles. The molecule has 1 aliphatic heterocycles. The average Bonchev–Trinajstić information content (AvgIpc) is 2.52. The summed E-state index contributed by atoms with van der Waals surface area (Å²) in [5.41, 5.74) is 5.61. The molecule has 100 valence electrons. The highest BCUT2D eigenvalue weighted by atomic mass is 16.2. The Kier molecular flexibility index (Phi) is 3.38. The van der Waals surface area contributed by atoms with Gasteiger partial charge in [-0.1, -0.05) is 6.42 Å². The molecule has 6 heteroatoms. The largest absolute Gasteiger partial charge is 0.344 e. The van der Waals surface area contributed by atoms with E-state index < -0.39 is 6.04 Å². The molecule has 3 N–H and O–H groups in total. The van der Waals surface area contributed by atoms with Crippen LogP contribution in [0.1, 0.15) is 32.1 Å². The summed E-state index contributed by atoms with van der Waals surface area (Å²) in [5.74, 6) is -0.757. The van der Waals surface area contributed by atoms with E-state index in [0.717, 1.165) is 24.2 Å². The van der Waals surface area contributed by atoms with Gasteiger partial charge in [0.25, 0.3) is 5.91 Å². The first-order valence-electron chi connectivity index (χ1n) is 6.27. The van der Waals surface area contributed by atoms with Crippen LogP contribution >= 0.6 is 0 Å². The summed E-state index contributed by atoms with van der Waals surface area (Å²) in [6.45, 7) is 0.498. The van der Waals surface area contributed by atoms with Crippen molar-refractivity contribution in [3.8, 4) is 0 Å². The monoisotopic (exact) mass is 253 g/mol. The first-order valence-corrected chi connectivity index (χ1v) is 6.27. The second-order valence-corrected chi connectivity index (χ2v) is 5.35. The lowest BCUT2D eigenvalue weighted by Crippen LogP contribution is -2.46. The Labute approximate surface area is 106 Å². The van der Waals surface area contributed by atoms with Gasteiger partial charge in [-0.3, -0.25) is 19.3 Å². The van der Waals surface area contributed by atoms with Gasteiger partial charge in [0.2, 0.25) is 11.8 Å². The molecule has 0 aromatic carbocycles. The zero-order valence-electron chi connectivity index (χ0n) is 10.6. The number of carbonyl (C=O) groups is 3. The molecule has 2 fully saturated rings. The van der Waals surface area contributed by atoms with Crippen molar-refractivity contribution >= 4 is 17.7 Å². The molecule has 6 nitrogen and oxygen atoms in total. The summed E-state index contributed by atoms with van der Waals surface area (Å²) in [5, 5.41) is 2.64. The van der Waals surface area contributed by atoms with E-state index in [2.05, 4.69) is 5.32 Å². The van der Waals surface area contributed by atoms with Gasteiger partial charge in [0.15, 0.2) is 0 Å². The second-order valence-electron chi connectivity index (χ2n) is 5.35. The van der Waals surface area contributed by atoms with Gasteiger partial charge in [-0.2, -0.15) is 0 Å². The maximum atomic E-state index is 11.9. The van der Waals surface area contributed by atoms with Gasteiger partial charge in [-0.05, 0) is 24.8 Å². The Morgan fingerprint density at radius 3 is 2.56 bits per heavy atom. The lowest BCUT2D eigenvalue weighted by atomic mass is 9.66. The number of hydrogen-bond donors (Lipinski definition) is 2. The van der Waals surface area contributed by atoms with Crippen molar-refractivity contribution < 1.29 is 14.4 Å². The predicted octanol–water partition coefficient (Wildman–Crippen LogP) is -0.621. The van der Waals surface area contributed by atoms with E-state index in [1.807, 2.05) is 0 Å². The number of nitrogens with two attached hydrogens (primary N) is 1. The summed E-state index contributed by atoms with van der Waals surface area (Å²) in [6.07, 6.45) is 3.46. The molecule has 1 atom stereocenters.